The van der Waals surface area contributed by atoms with Gasteiger partial charge in [-0.1, -0.05) is 36.4 Å². The SMILES string of the molecule is C[Si](C)(C)OCCCC1C=Cc2ccccc21. The molecule has 0 aromatic heterocycles. The molecular formula is C15H22OSi. The van der Waals surface area contributed by atoms with Gasteiger partial charge in [0.15, 0.2) is 8.32 Å². The van der Waals surface area contributed by atoms with Crippen molar-refractivity contribution >= 4 is 14.4 Å². The summed E-state index contributed by atoms with van der Waals surface area (Å²) in [4.78, 5) is 0. The molecule has 1 atom stereocenters. The second kappa shape index (κ2) is 5.19. The minimum atomic E-state index is -1.32. The fourth-order valence-corrected chi connectivity index (χ4v) is 3.01. The van der Waals surface area contributed by atoms with E-state index >= 15 is 0 Å². The molecule has 1 unspecified atom stereocenters. The van der Waals surface area contributed by atoms with E-state index in [0.29, 0.717) is 5.92 Å². The van der Waals surface area contributed by atoms with E-state index in [2.05, 4.69) is 56.1 Å². The van der Waals surface area contributed by atoms with Gasteiger partial charge in [0.2, 0.25) is 0 Å². The third-order valence-electron chi connectivity index (χ3n) is 3.10. The van der Waals surface area contributed by atoms with Crippen LogP contribution in [-0.2, 0) is 4.43 Å². The molecule has 17 heavy (non-hydrogen) atoms. The smallest absolute Gasteiger partial charge is 0.183 e. The number of hydrogen-bond donors (Lipinski definition) is 0. The molecule has 0 saturated heterocycles. The van der Waals surface area contributed by atoms with Gasteiger partial charge in [-0.05, 0) is 43.6 Å². The van der Waals surface area contributed by atoms with Gasteiger partial charge in [0.05, 0.1) is 0 Å². The number of rotatable bonds is 5. The third kappa shape index (κ3) is 3.55. The predicted molar refractivity (Wildman–Crippen MR) is 76.7 cm³/mol. The van der Waals surface area contributed by atoms with Crippen LogP contribution in [0.4, 0.5) is 0 Å². The molecule has 0 bridgehead atoms. The van der Waals surface area contributed by atoms with Crippen LogP contribution in [0.2, 0.25) is 19.6 Å². The molecule has 1 aromatic carbocycles. The van der Waals surface area contributed by atoms with Crippen LogP contribution >= 0.6 is 0 Å². The van der Waals surface area contributed by atoms with Crippen LogP contribution in [-0.4, -0.2) is 14.9 Å². The van der Waals surface area contributed by atoms with Gasteiger partial charge in [-0.25, -0.2) is 0 Å². The maximum Gasteiger partial charge on any atom is 0.183 e. The van der Waals surface area contributed by atoms with Crippen molar-refractivity contribution in [3.63, 3.8) is 0 Å². The van der Waals surface area contributed by atoms with Gasteiger partial charge in [0.25, 0.3) is 0 Å². The topological polar surface area (TPSA) is 9.23 Å². The van der Waals surface area contributed by atoms with Crippen LogP contribution in [0.15, 0.2) is 30.3 Å². The monoisotopic (exact) mass is 246 g/mol. The summed E-state index contributed by atoms with van der Waals surface area (Å²) < 4.78 is 5.89. The average molecular weight is 246 g/mol. The fourth-order valence-electron chi connectivity index (χ4n) is 2.26. The number of fused-ring (bicyclic) bond motifs is 1. The molecule has 1 aromatic rings. The molecular weight excluding hydrogens is 224 g/mol. The van der Waals surface area contributed by atoms with Crippen LogP contribution in [0.1, 0.15) is 29.9 Å². The van der Waals surface area contributed by atoms with Gasteiger partial charge in [0, 0.05) is 12.5 Å². The van der Waals surface area contributed by atoms with E-state index in [0.717, 1.165) is 13.0 Å². The highest BCUT2D eigenvalue weighted by Gasteiger charge is 2.17. The zero-order valence-corrected chi connectivity index (χ0v) is 12.1. The van der Waals surface area contributed by atoms with Gasteiger partial charge < -0.3 is 4.43 Å². The highest BCUT2D eigenvalue weighted by Crippen LogP contribution is 2.32. The molecule has 0 heterocycles. The molecule has 1 nitrogen and oxygen atoms in total. The Morgan fingerprint density at radius 1 is 1.18 bits per heavy atom. The molecule has 0 radical (unpaired) electrons. The zero-order valence-electron chi connectivity index (χ0n) is 11.1. The van der Waals surface area contributed by atoms with Gasteiger partial charge in [-0.3, -0.25) is 0 Å². The number of allylic oxidation sites excluding steroid dienone is 1. The largest absolute Gasteiger partial charge is 0.418 e. The summed E-state index contributed by atoms with van der Waals surface area (Å²) in [5.41, 5.74) is 2.88. The second-order valence-corrected chi connectivity index (χ2v) is 10.2. The lowest BCUT2D eigenvalue weighted by Gasteiger charge is -2.18. The van der Waals surface area contributed by atoms with Crippen LogP contribution < -0.4 is 0 Å². The lowest BCUT2D eigenvalue weighted by atomic mass is 9.96. The highest BCUT2D eigenvalue weighted by atomic mass is 28.4. The summed E-state index contributed by atoms with van der Waals surface area (Å²) in [7, 11) is -1.32. The molecule has 0 amide bonds. The summed E-state index contributed by atoms with van der Waals surface area (Å²) in [6, 6.07) is 8.70. The lowest BCUT2D eigenvalue weighted by molar-refractivity contribution is 0.298. The van der Waals surface area contributed by atoms with E-state index in [-0.39, 0.29) is 0 Å². The lowest BCUT2D eigenvalue weighted by Crippen LogP contribution is -2.25. The van der Waals surface area contributed by atoms with Gasteiger partial charge in [-0.15, -0.1) is 0 Å². The van der Waals surface area contributed by atoms with Crippen molar-refractivity contribution < 1.29 is 4.43 Å². The normalized spacial score (nSPS) is 18.4. The van der Waals surface area contributed by atoms with E-state index in [9.17, 15) is 0 Å². The van der Waals surface area contributed by atoms with Gasteiger partial charge in [0.1, 0.15) is 0 Å². The molecule has 2 rings (SSSR count). The van der Waals surface area contributed by atoms with E-state index in [1.54, 1.807) is 0 Å². The average Bonchev–Trinajstić information content (AvgIpc) is 2.67. The Balaban J connectivity index is 1.81. The fraction of sp³-hybridized carbons (Fsp3) is 0.467. The van der Waals surface area contributed by atoms with Crippen molar-refractivity contribution in [1.82, 2.24) is 0 Å². The number of benzene rings is 1. The molecule has 1 aliphatic carbocycles. The first-order valence-corrected chi connectivity index (χ1v) is 9.88. The van der Waals surface area contributed by atoms with Crippen molar-refractivity contribution in [3.8, 4) is 0 Å². The Morgan fingerprint density at radius 2 is 1.94 bits per heavy atom. The van der Waals surface area contributed by atoms with E-state index in [4.69, 9.17) is 4.43 Å². The molecule has 0 spiro atoms. The van der Waals surface area contributed by atoms with Crippen LogP contribution in [0.5, 0.6) is 0 Å². The molecule has 1 aliphatic rings. The Hall–Kier alpha value is -0.863. The molecule has 0 fully saturated rings. The van der Waals surface area contributed by atoms with Crippen LogP contribution in [0.25, 0.3) is 6.08 Å². The molecule has 0 saturated carbocycles. The molecule has 92 valence electrons. The highest BCUT2D eigenvalue weighted by molar-refractivity contribution is 6.69. The standard InChI is InChI=1S/C15H22OSi/c1-17(2,3)16-12-6-8-14-11-10-13-7-4-5-9-15(13)14/h4-5,7,9-11,14H,6,8,12H2,1-3H3. The second-order valence-electron chi connectivity index (χ2n) is 5.70. The number of hydrogen-bond acceptors (Lipinski definition) is 1. The van der Waals surface area contributed by atoms with Crippen LogP contribution in [0, 0.1) is 0 Å². The summed E-state index contributed by atoms with van der Waals surface area (Å²) in [6.45, 7) is 7.66. The van der Waals surface area contributed by atoms with Crippen molar-refractivity contribution in [2.75, 3.05) is 6.61 Å². The maximum absolute atomic E-state index is 5.89. The first-order valence-electron chi connectivity index (χ1n) is 6.47. The van der Waals surface area contributed by atoms with Crippen molar-refractivity contribution in [1.29, 1.82) is 0 Å². The molecule has 0 N–H and O–H groups in total. The van der Waals surface area contributed by atoms with Gasteiger partial charge >= 0.3 is 0 Å². The molecule has 2 heteroatoms. The first-order chi connectivity index (χ1) is 8.06. The van der Waals surface area contributed by atoms with E-state index in [1.807, 2.05) is 0 Å². The predicted octanol–water partition coefficient (Wildman–Crippen LogP) is 4.43. The minimum absolute atomic E-state index is 0.608. The molecule has 0 aliphatic heterocycles. The maximum atomic E-state index is 5.89. The summed E-state index contributed by atoms with van der Waals surface area (Å²) in [5.74, 6) is 0.608. The minimum Gasteiger partial charge on any atom is -0.418 e. The Morgan fingerprint density at radius 3 is 2.71 bits per heavy atom. The summed E-state index contributed by atoms with van der Waals surface area (Å²) in [5, 5.41) is 0. The Bertz CT molecular complexity index is 404. The summed E-state index contributed by atoms with van der Waals surface area (Å²) >= 11 is 0. The summed E-state index contributed by atoms with van der Waals surface area (Å²) in [6.07, 6.45) is 6.95. The zero-order chi connectivity index (χ0) is 12.3. The first kappa shape index (κ1) is 12.6. The van der Waals surface area contributed by atoms with Gasteiger partial charge in [-0.2, -0.15) is 0 Å². The van der Waals surface area contributed by atoms with Crippen molar-refractivity contribution in [2.24, 2.45) is 0 Å². The Labute approximate surface area is 106 Å². The Kier molecular flexibility index (Phi) is 3.85. The van der Waals surface area contributed by atoms with Crippen molar-refractivity contribution in [2.45, 2.75) is 38.4 Å². The third-order valence-corrected chi connectivity index (χ3v) is 4.17. The van der Waals surface area contributed by atoms with Crippen molar-refractivity contribution in [3.05, 3.63) is 41.5 Å². The van der Waals surface area contributed by atoms with E-state index in [1.165, 1.54) is 17.5 Å². The quantitative estimate of drug-likeness (QED) is 0.551. The van der Waals surface area contributed by atoms with Crippen LogP contribution in [0.3, 0.4) is 0 Å². The van der Waals surface area contributed by atoms with E-state index < -0.39 is 8.32 Å².